The number of ether oxygens (including phenoxy) is 4. The molecule has 7 rings (SSSR count). The largest absolute Gasteiger partial charge is 0.459 e. The molecular weight excluding hydrogens is 846 g/mol. The summed E-state index contributed by atoms with van der Waals surface area (Å²) in [6, 6.07) is 3.74. The number of rotatable bonds is 7. The molecule has 3 amide bonds. The Balaban J connectivity index is 1.23. The van der Waals surface area contributed by atoms with Crippen LogP contribution in [0.5, 0.6) is 6.01 Å². The van der Waals surface area contributed by atoms with Crippen molar-refractivity contribution in [1.29, 1.82) is 0 Å². The zero-order chi connectivity index (χ0) is 45.1. The number of carbonyl (C=O) groups is 3. The molecule has 2 aromatic carbocycles. The van der Waals surface area contributed by atoms with Gasteiger partial charge >= 0.3 is 24.3 Å². The first kappa shape index (κ1) is 45.2. The Hall–Kier alpha value is -4.81. The number of fused-ring (bicyclic) bond motifs is 4. The van der Waals surface area contributed by atoms with Gasteiger partial charge in [-0.25, -0.2) is 28.1 Å². The molecule has 3 fully saturated rings. The minimum atomic E-state index is -0.801. The van der Waals surface area contributed by atoms with E-state index in [9.17, 15) is 14.4 Å². The van der Waals surface area contributed by atoms with Crippen molar-refractivity contribution in [2.45, 2.75) is 117 Å². The van der Waals surface area contributed by atoms with Crippen molar-refractivity contribution in [2.24, 2.45) is 0 Å². The van der Waals surface area contributed by atoms with Crippen LogP contribution in [0.1, 0.15) is 82.1 Å². The van der Waals surface area contributed by atoms with E-state index in [4.69, 9.17) is 35.5 Å². The van der Waals surface area contributed by atoms with E-state index in [0.29, 0.717) is 57.0 Å². The summed E-state index contributed by atoms with van der Waals surface area (Å²) in [5.41, 5.74) is -1.93. The number of anilines is 2. The van der Waals surface area contributed by atoms with Gasteiger partial charge in [0, 0.05) is 62.3 Å². The van der Waals surface area contributed by atoms with Gasteiger partial charge in [0.25, 0.3) is 0 Å². The molecule has 3 aliphatic rings. The predicted molar refractivity (Wildman–Crippen MR) is 234 cm³/mol. The lowest BCUT2D eigenvalue weighted by Crippen LogP contribution is -2.57. The van der Waals surface area contributed by atoms with Crippen LogP contribution in [-0.4, -0.2) is 129 Å². The molecule has 2 bridgehead atoms. The molecule has 3 unspecified atom stereocenters. The highest BCUT2D eigenvalue weighted by Gasteiger charge is 2.45. The van der Waals surface area contributed by atoms with Crippen LogP contribution in [0.2, 0.25) is 5.02 Å². The first-order chi connectivity index (χ1) is 28.9. The molecule has 2 aromatic heterocycles. The van der Waals surface area contributed by atoms with E-state index in [1.54, 1.807) is 36.6 Å². The Bertz CT molecular complexity index is 2360. The third-order valence-electron chi connectivity index (χ3n) is 10.4. The van der Waals surface area contributed by atoms with Crippen LogP contribution in [-0.2, 0) is 14.2 Å². The van der Waals surface area contributed by atoms with Gasteiger partial charge in [-0.1, -0.05) is 22.9 Å². The van der Waals surface area contributed by atoms with Crippen molar-refractivity contribution < 1.29 is 42.1 Å². The Morgan fingerprint density at radius 1 is 0.855 bits per heavy atom. The predicted octanol–water partition coefficient (Wildman–Crippen LogP) is 9.09. The number of nitrogens with zero attached hydrogens (tertiary/aromatic N) is 7. The number of benzene rings is 2. The standard InChI is InChI=1S/C43H55ClF2N8O7S/c1-23(20-51-15-17-52(18-16-51)39(56)60-42(5,6)7)58-36-47-32-27(35(49-36)53-21-24-11-12-25(22-53)54(24)40(57)61-43(8,9)10)19-28(44)30(31(32)46)26-13-14-29(45)34-33(26)48-37(62-34)50-38(55)59-41(2,3)4/h13-14,19,23-25H,11-12,15-18,20-22H2,1-10H3,(H,48,50,55). The van der Waals surface area contributed by atoms with Crippen LogP contribution in [0.4, 0.5) is 34.1 Å². The maximum Gasteiger partial charge on any atom is 0.413 e. The molecule has 4 aromatic rings. The molecule has 0 spiro atoms. The molecule has 3 saturated heterocycles. The minimum Gasteiger partial charge on any atom is -0.459 e. The average molecular weight is 901 g/mol. The summed E-state index contributed by atoms with van der Waals surface area (Å²) in [7, 11) is 0. The highest BCUT2D eigenvalue weighted by Crippen LogP contribution is 2.44. The molecule has 19 heteroatoms. The van der Waals surface area contributed by atoms with E-state index < -0.39 is 40.6 Å². The number of hydrogen-bond acceptors (Lipinski definition) is 13. The molecule has 336 valence electrons. The summed E-state index contributed by atoms with van der Waals surface area (Å²) in [6.45, 7) is 21.4. The van der Waals surface area contributed by atoms with Crippen molar-refractivity contribution >= 4 is 73.3 Å². The summed E-state index contributed by atoms with van der Waals surface area (Å²) in [5.74, 6) is -1.03. The van der Waals surface area contributed by atoms with Gasteiger partial charge in [-0.05, 0) is 100 Å². The van der Waals surface area contributed by atoms with Gasteiger partial charge in [0.15, 0.2) is 10.9 Å². The molecule has 0 saturated carbocycles. The van der Waals surface area contributed by atoms with Gasteiger partial charge in [-0.15, -0.1) is 0 Å². The number of amides is 3. The fourth-order valence-corrected chi connectivity index (χ4v) is 9.21. The number of halogens is 3. The van der Waals surface area contributed by atoms with Crippen molar-refractivity contribution in [2.75, 3.05) is 56.0 Å². The maximum atomic E-state index is 17.4. The first-order valence-electron chi connectivity index (χ1n) is 20.9. The second-order valence-electron chi connectivity index (χ2n) is 19.1. The lowest BCUT2D eigenvalue weighted by Gasteiger charge is -2.42. The van der Waals surface area contributed by atoms with E-state index in [0.717, 1.165) is 24.2 Å². The number of thiazole rings is 1. The number of hydrogen-bond donors (Lipinski definition) is 1. The van der Waals surface area contributed by atoms with Crippen LogP contribution in [0.15, 0.2) is 18.2 Å². The van der Waals surface area contributed by atoms with Gasteiger partial charge in [-0.3, -0.25) is 15.1 Å². The monoisotopic (exact) mass is 900 g/mol. The Morgan fingerprint density at radius 3 is 2.08 bits per heavy atom. The van der Waals surface area contributed by atoms with Gasteiger partial charge in [-0.2, -0.15) is 9.97 Å². The van der Waals surface area contributed by atoms with Crippen LogP contribution in [0.25, 0.3) is 32.2 Å². The summed E-state index contributed by atoms with van der Waals surface area (Å²) in [4.78, 5) is 60.3. The second-order valence-corrected chi connectivity index (χ2v) is 20.5. The lowest BCUT2D eigenvalue weighted by molar-refractivity contribution is 0.0106. The quantitative estimate of drug-likeness (QED) is 0.176. The normalized spacial score (nSPS) is 19.2. The van der Waals surface area contributed by atoms with Gasteiger partial charge < -0.3 is 28.7 Å². The summed E-state index contributed by atoms with van der Waals surface area (Å²) >= 11 is 7.87. The minimum absolute atomic E-state index is 0.00494. The average Bonchev–Trinajstić information content (AvgIpc) is 3.68. The fourth-order valence-electron chi connectivity index (χ4n) is 8.03. The smallest absolute Gasteiger partial charge is 0.413 e. The third-order valence-corrected chi connectivity index (χ3v) is 11.7. The number of piperazine rings is 2. The second kappa shape index (κ2) is 17.1. The third kappa shape index (κ3) is 10.2. The van der Waals surface area contributed by atoms with Crippen LogP contribution < -0.4 is 15.0 Å². The summed E-state index contributed by atoms with van der Waals surface area (Å²) in [5, 5.41) is 2.93. The van der Waals surface area contributed by atoms with Gasteiger partial charge in [0.1, 0.15) is 40.1 Å². The van der Waals surface area contributed by atoms with E-state index >= 15 is 8.78 Å². The van der Waals surface area contributed by atoms with Crippen LogP contribution >= 0.6 is 22.9 Å². The highest BCUT2D eigenvalue weighted by molar-refractivity contribution is 7.22. The summed E-state index contributed by atoms with van der Waals surface area (Å²) < 4.78 is 55.8. The van der Waals surface area contributed by atoms with E-state index in [1.165, 1.54) is 12.1 Å². The number of carbonyl (C=O) groups excluding carboxylic acids is 3. The SMILES string of the molecule is CC(CN1CCN(C(=O)OC(C)(C)C)CC1)Oc1nc(N2CC3CCC(C2)N3C(=O)OC(C)(C)C)c2cc(Cl)c(-c3ccc(F)c4sc(NC(=O)OC(C)(C)C)nc34)c(F)c2n1. The van der Waals surface area contributed by atoms with Crippen molar-refractivity contribution in [1.82, 2.24) is 29.7 Å². The zero-order valence-electron chi connectivity index (χ0n) is 36.9. The fraction of sp³-hybridized carbons (Fsp3) is 0.581. The van der Waals surface area contributed by atoms with Crippen LogP contribution in [0, 0.1) is 11.6 Å². The maximum absolute atomic E-state index is 17.4. The first-order valence-corrected chi connectivity index (χ1v) is 22.0. The van der Waals surface area contributed by atoms with E-state index in [-0.39, 0.29) is 67.3 Å². The topological polar surface area (TPSA) is 152 Å². The Morgan fingerprint density at radius 2 is 1.47 bits per heavy atom. The van der Waals surface area contributed by atoms with E-state index in [2.05, 4.69) is 20.2 Å². The number of aromatic nitrogens is 3. The van der Waals surface area contributed by atoms with Crippen molar-refractivity contribution in [3.05, 3.63) is 34.9 Å². The Labute approximate surface area is 369 Å². The van der Waals surface area contributed by atoms with Crippen molar-refractivity contribution in [3.8, 4) is 17.1 Å². The summed E-state index contributed by atoms with van der Waals surface area (Å²) in [6.07, 6.45) is -0.451. The molecule has 15 nitrogen and oxygen atoms in total. The Kier molecular flexibility index (Phi) is 12.4. The molecule has 0 aliphatic carbocycles. The highest BCUT2D eigenvalue weighted by atomic mass is 35.5. The molecule has 3 atom stereocenters. The van der Waals surface area contributed by atoms with E-state index in [1.807, 2.05) is 53.4 Å². The molecule has 3 aliphatic heterocycles. The zero-order valence-corrected chi connectivity index (χ0v) is 38.4. The molecule has 62 heavy (non-hydrogen) atoms. The molecular formula is C43H55ClF2N8O7S. The van der Waals surface area contributed by atoms with Gasteiger partial charge in [0.05, 0.1) is 27.3 Å². The lowest BCUT2D eigenvalue weighted by atomic mass is 10.0. The van der Waals surface area contributed by atoms with Crippen molar-refractivity contribution in [3.63, 3.8) is 0 Å². The number of nitrogens with one attached hydrogen (secondary N) is 1. The molecule has 0 radical (unpaired) electrons. The molecule has 1 N–H and O–H groups in total. The van der Waals surface area contributed by atoms with Crippen LogP contribution in [0.3, 0.4) is 0 Å². The molecule has 5 heterocycles. The van der Waals surface area contributed by atoms with Gasteiger partial charge in [0.2, 0.25) is 0 Å².